The summed E-state index contributed by atoms with van der Waals surface area (Å²) in [5.41, 5.74) is -1.00. The average molecular weight is 931 g/mol. The van der Waals surface area contributed by atoms with E-state index in [1.165, 1.54) is 5.57 Å². The van der Waals surface area contributed by atoms with Gasteiger partial charge >= 0.3 is 0 Å². The van der Waals surface area contributed by atoms with Crippen molar-refractivity contribution in [1.29, 1.82) is 0 Å². The van der Waals surface area contributed by atoms with Crippen molar-refractivity contribution in [3.8, 4) is 0 Å². The van der Waals surface area contributed by atoms with Crippen molar-refractivity contribution in [2.24, 2.45) is 50.2 Å². The molecule has 3 heterocycles. The van der Waals surface area contributed by atoms with E-state index >= 15 is 0 Å². The van der Waals surface area contributed by atoms with Crippen LogP contribution in [0, 0.1) is 50.2 Å². The van der Waals surface area contributed by atoms with E-state index < -0.39 is 128 Å². The average Bonchev–Trinajstić information content (AvgIpc) is 3.23. The van der Waals surface area contributed by atoms with Gasteiger partial charge in [0.25, 0.3) is 0 Å². The predicted molar refractivity (Wildman–Crippen MR) is 227 cm³/mol. The quantitative estimate of drug-likeness (QED) is 0.0995. The molecule has 4 saturated carbocycles. The summed E-state index contributed by atoms with van der Waals surface area (Å²) in [4.78, 5) is 0. The third kappa shape index (κ3) is 7.93. The number of hydrogen-bond acceptors (Lipinski definition) is 18. The Kier molecular flexibility index (Phi) is 13.7. The molecular weight excluding hydrogens is 852 g/mol. The minimum atomic E-state index is -1.78. The van der Waals surface area contributed by atoms with E-state index in [1.807, 2.05) is 0 Å². The maximum atomic E-state index is 12.1. The topological polar surface area (TPSA) is 298 Å². The Morgan fingerprint density at radius 2 is 1.18 bits per heavy atom. The molecule has 8 aliphatic rings. The van der Waals surface area contributed by atoms with Crippen LogP contribution in [0.3, 0.4) is 0 Å². The van der Waals surface area contributed by atoms with E-state index in [0.717, 1.165) is 32.1 Å². The van der Waals surface area contributed by atoms with Crippen LogP contribution < -0.4 is 0 Å². The van der Waals surface area contributed by atoms with Crippen molar-refractivity contribution in [3.05, 3.63) is 11.6 Å². The molecule has 3 aliphatic heterocycles. The summed E-state index contributed by atoms with van der Waals surface area (Å²) in [5, 5.41) is 130. The molecule has 5 aliphatic carbocycles. The first kappa shape index (κ1) is 50.4. The minimum Gasteiger partial charge on any atom is -0.396 e. The zero-order chi connectivity index (χ0) is 47.6. The minimum absolute atomic E-state index is 0.142. The van der Waals surface area contributed by atoms with Gasteiger partial charge in [0.15, 0.2) is 18.9 Å². The summed E-state index contributed by atoms with van der Waals surface area (Å²) in [6.07, 6.45) is -15.6. The number of fused-ring (bicyclic) bond motifs is 7. The van der Waals surface area contributed by atoms with Crippen molar-refractivity contribution >= 4 is 0 Å². The molecule has 18 heteroatoms. The SMILES string of the molecule is CC1(C)C[C@H](O)[C@]2(CO)[C@@H](O)C[C@]3(C)C(=CC[C@@H]4[C@@]5(C)CC[C@H](O[C@@H]6O[C@H](CO[C@@H]7O[C@H](CO[C@@H]8OC[C@@H](O)[C@H](O)[C@H]8O)[C@@H](O)[C@H](O)[C@H]7O)[C@@H](O)[C@H](O)[C@H]6O)C(C)(C)C5CC[C@]43C)[C@@H]2C1. The highest BCUT2D eigenvalue weighted by atomic mass is 16.7. The first-order valence-corrected chi connectivity index (χ1v) is 23.9. The second-order valence-corrected chi connectivity index (χ2v) is 23.4. The Labute approximate surface area is 381 Å². The van der Waals surface area contributed by atoms with Crippen molar-refractivity contribution in [2.45, 2.75) is 204 Å². The van der Waals surface area contributed by atoms with Crippen LogP contribution in [0.5, 0.6) is 0 Å². The molecule has 3 saturated heterocycles. The summed E-state index contributed by atoms with van der Waals surface area (Å²) in [5.74, 6) is 0.288. The highest BCUT2D eigenvalue weighted by Crippen LogP contribution is 2.76. The Hall–Kier alpha value is -0.980. The van der Waals surface area contributed by atoms with E-state index in [9.17, 15) is 61.3 Å². The highest BCUT2D eigenvalue weighted by molar-refractivity contribution is 5.36. The van der Waals surface area contributed by atoms with E-state index in [1.54, 1.807) is 0 Å². The molecule has 0 bridgehead atoms. The van der Waals surface area contributed by atoms with Crippen molar-refractivity contribution < 1.29 is 89.7 Å². The molecule has 1 unspecified atom stereocenters. The van der Waals surface area contributed by atoms with Crippen LogP contribution >= 0.6 is 0 Å². The van der Waals surface area contributed by atoms with Crippen molar-refractivity contribution in [2.75, 3.05) is 26.4 Å². The maximum Gasteiger partial charge on any atom is 0.186 e. The van der Waals surface area contributed by atoms with Crippen LogP contribution in [-0.2, 0) is 28.4 Å². The van der Waals surface area contributed by atoms with Gasteiger partial charge in [-0.3, -0.25) is 0 Å². The Balaban J connectivity index is 0.942. The standard InChI is InChI=1S/C47H78O18/c1-42(2)14-22-21-8-9-27-44(5)12-11-30(43(3,4)26(44)10-13-45(27,6)46(21,7)16-29(51)47(22,20-48)28(50)15-42)65-41-38(59)35(56)33(54)25(64-41)19-62-40-37(58)34(55)32(53)24(63-40)18-61-39-36(57)31(52)23(49)17-60-39/h8,22-41,48-59H,9-20H2,1-7H3/t22-,23+,24+,25+,26?,27+,28-,29-,30-,31-,32+,33+,34-,35-,36+,37+,38+,39-,40+,41-,44-,45+,46+,47+/m0/s1. The van der Waals surface area contributed by atoms with Crippen LogP contribution in [-0.4, -0.2) is 192 Å². The van der Waals surface area contributed by atoms with Crippen molar-refractivity contribution in [3.63, 3.8) is 0 Å². The van der Waals surface area contributed by atoms with Crippen LogP contribution in [0.25, 0.3) is 0 Å². The summed E-state index contributed by atoms with van der Waals surface area (Å²) in [6, 6.07) is 0. The van der Waals surface area contributed by atoms with Crippen LogP contribution in [0.1, 0.15) is 99.8 Å². The lowest BCUT2D eigenvalue weighted by Gasteiger charge is -2.72. The van der Waals surface area contributed by atoms with E-state index in [0.29, 0.717) is 19.3 Å². The molecular formula is C47H78O18. The third-order valence-corrected chi connectivity index (χ3v) is 19.0. The van der Waals surface area contributed by atoms with Gasteiger partial charge in [-0.15, -0.1) is 0 Å². The molecule has 7 fully saturated rings. The zero-order valence-electron chi connectivity index (χ0n) is 38.9. The van der Waals surface area contributed by atoms with Gasteiger partial charge in [0.1, 0.15) is 67.1 Å². The summed E-state index contributed by atoms with van der Waals surface area (Å²) in [6.45, 7) is 14.2. The number of rotatable bonds is 9. The molecule has 0 aromatic carbocycles. The second kappa shape index (κ2) is 17.7. The highest BCUT2D eigenvalue weighted by Gasteiger charge is 2.71. The molecule has 12 N–H and O–H groups in total. The molecule has 24 atom stereocenters. The number of allylic oxidation sites excluding steroid dienone is 2. The van der Waals surface area contributed by atoms with Gasteiger partial charge in [0, 0.05) is 0 Å². The van der Waals surface area contributed by atoms with Gasteiger partial charge < -0.3 is 89.7 Å². The molecule has 0 radical (unpaired) electrons. The van der Waals surface area contributed by atoms with Gasteiger partial charge in [0.05, 0.1) is 50.2 Å². The fourth-order valence-electron chi connectivity index (χ4n) is 15.0. The predicted octanol–water partition coefficient (Wildman–Crippen LogP) is -0.805. The number of aliphatic hydroxyl groups excluding tert-OH is 12. The van der Waals surface area contributed by atoms with E-state index in [-0.39, 0.29) is 52.6 Å². The third-order valence-electron chi connectivity index (χ3n) is 19.0. The molecule has 0 spiro atoms. The maximum absolute atomic E-state index is 12.1. The van der Waals surface area contributed by atoms with Gasteiger partial charge in [-0.05, 0) is 96.2 Å². The molecule has 18 nitrogen and oxygen atoms in total. The first-order valence-electron chi connectivity index (χ1n) is 23.9. The van der Waals surface area contributed by atoms with E-state index in [4.69, 9.17) is 28.4 Å². The van der Waals surface area contributed by atoms with Crippen LogP contribution in [0.15, 0.2) is 11.6 Å². The molecule has 65 heavy (non-hydrogen) atoms. The lowest BCUT2D eigenvalue weighted by molar-refractivity contribution is -0.348. The Bertz CT molecular complexity index is 1730. The zero-order valence-corrected chi connectivity index (χ0v) is 38.9. The smallest absolute Gasteiger partial charge is 0.186 e. The number of ether oxygens (including phenoxy) is 6. The first-order chi connectivity index (χ1) is 30.3. The molecule has 0 amide bonds. The van der Waals surface area contributed by atoms with Crippen LogP contribution in [0.4, 0.5) is 0 Å². The molecule has 374 valence electrons. The normalized spacial score (nSPS) is 55.2. The van der Waals surface area contributed by atoms with Gasteiger partial charge in [0.2, 0.25) is 0 Å². The molecule has 0 aromatic heterocycles. The number of aliphatic hydroxyl groups is 12. The summed E-state index contributed by atoms with van der Waals surface area (Å²) >= 11 is 0. The number of hydrogen-bond donors (Lipinski definition) is 12. The van der Waals surface area contributed by atoms with Gasteiger partial charge in [-0.2, -0.15) is 0 Å². The molecule has 0 aromatic rings. The fourth-order valence-corrected chi connectivity index (χ4v) is 15.0. The summed E-state index contributed by atoms with van der Waals surface area (Å²) in [7, 11) is 0. The fraction of sp³-hybridized carbons (Fsp3) is 0.957. The Morgan fingerprint density at radius 3 is 1.82 bits per heavy atom. The second-order valence-electron chi connectivity index (χ2n) is 23.4. The van der Waals surface area contributed by atoms with E-state index in [2.05, 4.69) is 54.5 Å². The molecule has 8 rings (SSSR count). The summed E-state index contributed by atoms with van der Waals surface area (Å²) < 4.78 is 35.0. The monoisotopic (exact) mass is 931 g/mol. The Morgan fingerprint density at radius 1 is 0.615 bits per heavy atom. The lowest BCUT2D eigenvalue weighted by atomic mass is 9.33. The van der Waals surface area contributed by atoms with Crippen molar-refractivity contribution in [1.82, 2.24) is 0 Å². The van der Waals surface area contributed by atoms with Gasteiger partial charge in [-0.25, -0.2) is 0 Å². The van der Waals surface area contributed by atoms with Gasteiger partial charge in [-0.1, -0.05) is 60.1 Å². The van der Waals surface area contributed by atoms with Crippen LogP contribution in [0.2, 0.25) is 0 Å². The lowest BCUT2D eigenvalue weighted by Crippen LogP contribution is -2.69. The largest absolute Gasteiger partial charge is 0.396 e.